The lowest BCUT2D eigenvalue weighted by molar-refractivity contribution is 0.352. The summed E-state index contributed by atoms with van der Waals surface area (Å²) in [6, 6.07) is 18.0. The molecule has 120 valence electrons. The maximum atomic E-state index is 8.47. The Morgan fingerprint density at radius 3 is 2.43 bits per heavy atom. The van der Waals surface area contributed by atoms with Crippen molar-refractivity contribution >= 4 is 5.84 Å². The predicted octanol–water partition coefficient (Wildman–Crippen LogP) is 5.05. The summed E-state index contributed by atoms with van der Waals surface area (Å²) in [6.07, 6.45) is 3.33. The minimum atomic E-state index is 0.223. The number of hydrogen-bond donors (Lipinski definition) is 1. The zero-order valence-electron chi connectivity index (χ0n) is 13.7. The number of para-hydroxylation sites is 1. The standard InChI is InChI=1S/C20H24N2O/c1-2-14-22-15-6-9-19(20(22)21)16-10-12-18(13-11-16)23-17-7-4-3-5-8-17/h3-5,7-8,10-13,19,21H,2,6,9,14-15H2,1H3/t19-/m1/s1. The smallest absolute Gasteiger partial charge is 0.127 e. The van der Waals surface area contributed by atoms with Crippen LogP contribution in [0, 0.1) is 5.41 Å². The van der Waals surface area contributed by atoms with Gasteiger partial charge >= 0.3 is 0 Å². The van der Waals surface area contributed by atoms with Gasteiger partial charge < -0.3 is 9.64 Å². The average Bonchev–Trinajstić information content (AvgIpc) is 2.59. The van der Waals surface area contributed by atoms with Crippen molar-refractivity contribution in [3.05, 3.63) is 60.2 Å². The summed E-state index contributed by atoms with van der Waals surface area (Å²) in [5.74, 6) is 2.68. The summed E-state index contributed by atoms with van der Waals surface area (Å²) in [7, 11) is 0. The van der Waals surface area contributed by atoms with E-state index in [-0.39, 0.29) is 5.92 Å². The number of amidine groups is 1. The first-order valence-corrected chi connectivity index (χ1v) is 8.44. The Bertz CT molecular complexity index is 634. The topological polar surface area (TPSA) is 36.3 Å². The summed E-state index contributed by atoms with van der Waals surface area (Å²) in [5.41, 5.74) is 1.22. The van der Waals surface area contributed by atoms with Gasteiger partial charge in [-0.15, -0.1) is 0 Å². The van der Waals surface area contributed by atoms with Crippen LogP contribution in [0.3, 0.4) is 0 Å². The summed E-state index contributed by atoms with van der Waals surface area (Å²) in [4.78, 5) is 2.22. The SMILES string of the molecule is CCCN1CCC[C@H](c2ccc(Oc3ccccc3)cc2)C1=N. The first-order chi connectivity index (χ1) is 11.3. The molecule has 3 rings (SSSR count). The monoisotopic (exact) mass is 308 g/mol. The van der Waals surface area contributed by atoms with Crippen molar-refractivity contribution in [3.63, 3.8) is 0 Å². The van der Waals surface area contributed by atoms with Gasteiger partial charge in [-0.25, -0.2) is 0 Å². The van der Waals surface area contributed by atoms with Crippen LogP contribution in [0.15, 0.2) is 54.6 Å². The second kappa shape index (κ2) is 7.32. The molecule has 2 aromatic carbocycles. The molecular weight excluding hydrogens is 284 g/mol. The fourth-order valence-electron chi connectivity index (χ4n) is 3.18. The molecule has 1 aliphatic rings. The summed E-state index contributed by atoms with van der Waals surface area (Å²) >= 11 is 0. The van der Waals surface area contributed by atoms with Crippen LogP contribution >= 0.6 is 0 Å². The van der Waals surface area contributed by atoms with Crippen molar-refractivity contribution < 1.29 is 4.74 Å². The molecule has 1 atom stereocenters. The largest absolute Gasteiger partial charge is 0.457 e. The molecule has 1 heterocycles. The van der Waals surface area contributed by atoms with E-state index in [4.69, 9.17) is 10.1 Å². The van der Waals surface area contributed by atoms with Gasteiger partial charge in [0.05, 0.1) is 0 Å². The summed E-state index contributed by atoms with van der Waals surface area (Å²) < 4.78 is 5.84. The Hall–Kier alpha value is -2.29. The van der Waals surface area contributed by atoms with E-state index in [1.54, 1.807) is 0 Å². The second-order valence-electron chi connectivity index (χ2n) is 6.05. The van der Waals surface area contributed by atoms with Crippen LogP contribution in [0.25, 0.3) is 0 Å². The number of ether oxygens (including phenoxy) is 1. The van der Waals surface area contributed by atoms with Gasteiger partial charge in [-0.1, -0.05) is 37.3 Å². The van der Waals surface area contributed by atoms with Crippen LogP contribution in [0.2, 0.25) is 0 Å². The van der Waals surface area contributed by atoms with Gasteiger partial charge in [0.25, 0.3) is 0 Å². The molecule has 1 saturated heterocycles. The molecule has 3 nitrogen and oxygen atoms in total. The molecule has 0 saturated carbocycles. The third-order valence-corrected chi connectivity index (χ3v) is 4.35. The highest BCUT2D eigenvalue weighted by atomic mass is 16.5. The van der Waals surface area contributed by atoms with Gasteiger partial charge in [-0.3, -0.25) is 5.41 Å². The number of likely N-dealkylation sites (tertiary alicyclic amines) is 1. The molecule has 0 spiro atoms. The zero-order valence-corrected chi connectivity index (χ0v) is 13.7. The maximum absolute atomic E-state index is 8.47. The minimum absolute atomic E-state index is 0.223. The van der Waals surface area contributed by atoms with E-state index < -0.39 is 0 Å². The molecule has 0 amide bonds. The highest BCUT2D eigenvalue weighted by Crippen LogP contribution is 2.30. The fraction of sp³-hybridized carbons (Fsp3) is 0.350. The van der Waals surface area contributed by atoms with E-state index in [0.29, 0.717) is 0 Å². The third-order valence-electron chi connectivity index (χ3n) is 4.35. The van der Waals surface area contributed by atoms with Gasteiger partial charge in [-0.2, -0.15) is 0 Å². The molecule has 0 radical (unpaired) electrons. The van der Waals surface area contributed by atoms with Crippen molar-refractivity contribution in [2.75, 3.05) is 13.1 Å². The van der Waals surface area contributed by atoms with Crippen LogP contribution < -0.4 is 4.74 Å². The Kier molecular flexibility index (Phi) is 4.96. The molecule has 0 aromatic heterocycles. The van der Waals surface area contributed by atoms with Crippen LogP contribution in [0.1, 0.15) is 37.7 Å². The lowest BCUT2D eigenvalue weighted by atomic mass is 9.89. The Labute approximate surface area is 138 Å². The van der Waals surface area contributed by atoms with Gasteiger partial charge in [0.2, 0.25) is 0 Å². The molecule has 23 heavy (non-hydrogen) atoms. The van der Waals surface area contributed by atoms with Crippen LogP contribution in [0.4, 0.5) is 0 Å². The fourth-order valence-corrected chi connectivity index (χ4v) is 3.18. The zero-order chi connectivity index (χ0) is 16.1. The number of piperidine rings is 1. The number of hydrogen-bond acceptors (Lipinski definition) is 2. The van der Waals surface area contributed by atoms with Crippen molar-refractivity contribution in [1.82, 2.24) is 4.90 Å². The number of nitrogens with zero attached hydrogens (tertiary/aromatic N) is 1. The third kappa shape index (κ3) is 3.73. The van der Waals surface area contributed by atoms with Crippen molar-refractivity contribution in [2.45, 2.75) is 32.1 Å². The van der Waals surface area contributed by atoms with Gasteiger partial charge in [0.1, 0.15) is 17.3 Å². The molecular formula is C20H24N2O. The Morgan fingerprint density at radius 2 is 1.74 bits per heavy atom. The van der Waals surface area contributed by atoms with E-state index in [1.807, 2.05) is 42.5 Å². The molecule has 0 unspecified atom stereocenters. The van der Waals surface area contributed by atoms with Gasteiger partial charge in [0.15, 0.2) is 0 Å². The lowest BCUT2D eigenvalue weighted by Gasteiger charge is -2.35. The molecule has 3 heteroatoms. The van der Waals surface area contributed by atoms with Crippen molar-refractivity contribution in [3.8, 4) is 11.5 Å². The predicted molar refractivity (Wildman–Crippen MR) is 94.5 cm³/mol. The highest BCUT2D eigenvalue weighted by Gasteiger charge is 2.26. The molecule has 1 fully saturated rings. The van der Waals surface area contributed by atoms with E-state index >= 15 is 0 Å². The highest BCUT2D eigenvalue weighted by molar-refractivity contribution is 5.87. The second-order valence-corrected chi connectivity index (χ2v) is 6.05. The van der Waals surface area contributed by atoms with E-state index in [9.17, 15) is 0 Å². The first kappa shape index (κ1) is 15.6. The quantitative estimate of drug-likeness (QED) is 0.839. The number of benzene rings is 2. The average molecular weight is 308 g/mol. The van der Waals surface area contributed by atoms with Crippen molar-refractivity contribution in [1.29, 1.82) is 5.41 Å². The normalized spacial score (nSPS) is 18.0. The van der Waals surface area contributed by atoms with E-state index in [2.05, 4.69) is 24.0 Å². The summed E-state index contributed by atoms with van der Waals surface area (Å²) in [5, 5.41) is 8.47. The minimum Gasteiger partial charge on any atom is -0.457 e. The molecule has 1 N–H and O–H groups in total. The van der Waals surface area contributed by atoms with Crippen LogP contribution in [-0.2, 0) is 0 Å². The van der Waals surface area contributed by atoms with E-state index in [0.717, 1.165) is 49.7 Å². The Morgan fingerprint density at radius 1 is 1.04 bits per heavy atom. The molecule has 0 aliphatic carbocycles. The molecule has 1 aliphatic heterocycles. The lowest BCUT2D eigenvalue weighted by Crippen LogP contribution is -2.40. The van der Waals surface area contributed by atoms with Gasteiger partial charge in [-0.05, 0) is 49.1 Å². The summed E-state index contributed by atoms with van der Waals surface area (Å²) in [6.45, 7) is 4.19. The van der Waals surface area contributed by atoms with Crippen molar-refractivity contribution in [2.24, 2.45) is 0 Å². The Balaban J connectivity index is 1.70. The van der Waals surface area contributed by atoms with Crippen LogP contribution in [-0.4, -0.2) is 23.8 Å². The van der Waals surface area contributed by atoms with E-state index in [1.165, 1.54) is 5.56 Å². The maximum Gasteiger partial charge on any atom is 0.127 e. The number of nitrogens with one attached hydrogen (secondary N) is 1. The van der Waals surface area contributed by atoms with Gasteiger partial charge in [0, 0.05) is 19.0 Å². The molecule has 0 bridgehead atoms. The van der Waals surface area contributed by atoms with Crippen LogP contribution in [0.5, 0.6) is 11.5 Å². The molecule has 2 aromatic rings. The number of rotatable bonds is 5. The first-order valence-electron chi connectivity index (χ1n) is 8.44.